The standard InChI is InChI=1S/C16H17ClN2O2/c1-20-15-5-3-4-13(16(15)21-2)11-19-18-10-12-6-8-14(17)9-7-12/h3-9,11,18H,10H2,1-2H3/b19-11-. The van der Waals surface area contributed by atoms with Gasteiger partial charge in [0.2, 0.25) is 0 Å². The van der Waals surface area contributed by atoms with Gasteiger partial charge in [-0.25, -0.2) is 0 Å². The van der Waals surface area contributed by atoms with E-state index in [2.05, 4.69) is 10.5 Å². The first-order valence-electron chi connectivity index (χ1n) is 6.46. The van der Waals surface area contributed by atoms with Crippen LogP contribution in [0.5, 0.6) is 11.5 Å². The van der Waals surface area contributed by atoms with Gasteiger partial charge in [-0.2, -0.15) is 5.10 Å². The van der Waals surface area contributed by atoms with Gasteiger partial charge in [-0.05, 0) is 29.8 Å². The van der Waals surface area contributed by atoms with Gasteiger partial charge in [0.1, 0.15) is 0 Å². The molecule has 2 rings (SSSR count). The topological polar surface area (TPSA) is 42.8 Å². The van der Waals surface area contributed by atoms with E-state index in [0.29, 0.717) is 18.0 Å². The highest BCUT2D eigenvalue weighted by molar-refractivity contribution is 6.30. The summed E-state index contributed by atoms with van der Waals surface area (Å²) in [5.74, 6) is 1.34. The summed E-state index contributed by atoms with van der Waals surface area (Å²) < 4.78 is 10.6. The number of rotatable bonds is 6. The fraction of sp³-hybridized carbons (Fsp3) is 0.188. The molecule has 0 bridgehead atoms. The van der Waals surface area contributed by atoms with Crippen molar-refractivity contribution >= 4 is 17.8 Å². The summed E-state index contributed by atoms with van der Waals surface area (Å²) in [6, 6.07) is 13.3. The van der Waals surface area contributed by atoms with E-state index in [0.717, 1.165) is 16.1 Å². The number of ether oxygens (including phenoxy) is 2. The molecule has 0 atom stereocenters. The molecule has 0 saturated carbocycles. The monoisotopic (exact) mass is 304 g/mol. The van der Waals surface area contributed by atoms with E-state index in [4.69, 9.17) is 21.1 Å². The van der Waals surface area contributed by atoms with E-state index in [9.17, 15) is 0 Å². The van der Waals surface area contributed by atoms with Crippen molar-refractivity contribution in [3.63, 3.8) is 0 Å². The number of methoxy groups -OCH3 is 2. The van der Waals surface area contributed by atoms with E-state index < -0.39 is 0 Å². The zero-order chi connectivity index (χ0) is 15.1. The molecular weight excluding hydrogens is 288 g/mol. The Hall–Kier alpha value is -2.20. The lowest BCUT2D eigenvalue weighted by molar-refractivity contribution is 0.354. The van der Waals surface area contributed by atoms with Crippen molar-refractivity contribution in [2.45, 2.75) is 6.54 Å². The van der Waals surface area contributed by atoms with Crippen molar-refractivity contribution in [3.05, 3.63) is 58.6 Å². The molecule has 0 heterocycles. The largest absolute Gasteiger partial charge is 0.493 e. The van der Waals surface area contributed by atoms with E-state index in [-0.39, 0.29) is 0 Å². The Morgan fingerprint density at radius 2 is 1.86 bits per heavy atom. The molecule has 0 radical (unpaired) electrons. The molecule has 5 heteroatoms. The van der Waals surface area contributed by atoms with Crippen molar-refractivity contribution < 1.29 is 9.47 Å². The van der Waals surface area contributed by atoms with E-state index in [1.807, 2.05) is 42.5 Å². The number of para-hydroxylation sites is 1. The quantitative estimate of drug-likeness (QED) is 0.656. The summed E-state index contributed by atoms with van der Waals surface area (Å²) in [5.41, 5.74) is 4.94. The minimum Gasteiger partial charge on any atom is -0.493 e. The van der Waals surface area contributed by atoms with Gasteiger partial charge in [0.05, 0.1) is 27.0 Å². The molecule has 2 aromatic carbocycles. The molecule has 0 unspecified atom stereocenters. The Morgan fingerprint density at radius 3 is 2.52 bits per heavy atom. The van der Waals surface area contributed by atoms with Crippen LogP contribution in [0.4, 0.5) is 0 Å². The van der Waals surface area contributed by atoms with Gasteiger partial charge in [-0.1, -0.05) is 29.8 Å². The van der Waals surface area contributed by atoms with Crippen molar-refractivity contribution in [2.24, 2.45) is 5.10 Å². The summed E-state index contributed by atoms with van der Waals surface area (Å²) in [5, 5.41) is 4.93. The minimum absolute atomic E-state index is 0.625. The molecule has 1 N–H and O–H groups in total. The van der Waals surface area contributed by atoms with Gasteiger partial charge >= 0.3 is 0 Å². The average Bonchev–Trinajstić information content (AvgIpc) is 2.52. The first-order valence-corrected chi connectivity index (χ1v) is 6.83. The van der Waals surface area contributed by atoms with Crippen LogP contribution in [0.3, 0.4) is 0 Å². The predicted octanol–water partition coefficient (Wildman–Crippen LogP) is 3.48. The number of hydrogen-bond donors (Lipinski definition) is 1. The molecule has 0 aliphatic rings. The fourth-order valence-corrected chi connectivity index (χ4v) is 1.99. The molecule has 0 aliphatic heterocycles. The Kier molecular flexibility index (Phi) is 5.46. The maximum Gasteiger partial charge on any atom is 0.169 e. The molecule has 110 valence electrons. The van der Waals surface area contributed by atoms with Crippen molar-refractivity contribution in [1.82, 2.24) is 5.43 Å². The summed E-state index contributed by atoms with van der Waals surface area (Å²) in [6.07, 6.45) is 1.71. The smallest absolute Gasteiger partial charge is 0.169 e. The van der Waals surface area contributed by atoms with Crippen LogP contribution < -0.4 is 14.9 Å². The molecular formula is C16H17ClN2O2. The van der Waals surface area contributed by atoms with Crippen LogP contribution in [-0.2, 0) is 6.54 Å². The first-order chi connectivity index (χ1) is 10.2. The fourth-order valence-electron chi connectivity index (χ4n) is 1.87. The van der Waals surface area contributed by atoms with Crippen LogP contribution in [0, 0.1) is 0 Å². The maximum atomic E-state index is 5.84. The van der Waals surface area contributed by atoms with Gasteiger partial charge in [-0.3, -0.25) is 0 Å². The summed E-state index contributed by atoms with van der Waals surface area (Å²) >= 11 is 5.84. The summed E-state index contributed by atoms with van der Waals surface area (Å²) in [6.45, 7) is 0.625. The number of halogens is 1. The number of hydrogen-bond acceptors (Lipinski definition) is 4. The summed E-state index contributed by atoms with van der Waals surface area (Å²) in [7, 11) is 3.22. The van der Waals surface area contributed by atoms with E-state index in [1.165, 1.54) is 0 Å². The Labute approximate surface area is 129 Å². The Bertz CT molecular complexity index is 612. The van der Waals surface area contributed by atoms with E-state index >= 15 is 0 Å². The van der Waals surface area contributed by atoms with Crippen LogP contribution in [0.15, 0.2) is 47.6 Å². The zero-order valence-electron chi connectivity index (χ0n) is 12.0. The van der Waals surface area contributed by atoms with E-state index in [1.54, 1.807) is 20.4 Å². The third-order valence-electron chi connectivity index (χ3n) is 2.92. The number of hydrazone groups is 1. The highest BCUT2D eigenvalue weighted by atomic mass is 35.5. The van der Waals surface area contributed by atoms with Gasteiger partial charge in [0, 0.05) is 10.6 Å². The average molecular weight is 305 g/mol. The Morgan fingerprint density at radius 1 is 1.10 bits per heavy atom. The van der Waals surface area contributed by atoms with Gasteiger partial charge in [-0.15, -0.1) is 0 Å². The third kappa shape index (κ3) is 4.13. The molecule has 21 heavy (non-hydrogen) atoms. The third-order valence-corrected chi connectivity index (χ3v) is 3.18. The second kappa shape index (κ2) is 7.55. The van der Waals surface area contributed by atoms with Crippen LogP contribution >= 0.6 is 11.6 Å². The van der Waals surface area contributed by atoms with Crippen LogP contribution in [0.25, 0.3) is 0 Å². The molecule has 4 nitrogen and oxygen atoms in total. The summed E-state index contributed by atoms with van der Waals surface area (Å²) in [4.78, 5) is 0. The van der Waals surface area contributed by atoms with Crippen LogP contribution in [-0.4, -0.2) is 20.4 Å². The van der Waals surface area contributed by atoms with Crippen LogP contribution in [0.2, 0.25) is 5.02 Å². The second-order valence-electron chi connectivity index (χ2n) is 4.30. The molecule has 0 aliphatic carbocycles. The van der Waals surface area contributed by atoms with Crippen molar-refractivity contribution in [3.8, 4) is 11.5 Å². The lowest BCUT2D eigenvalue weighted by Gasteiger charge is -2.09. The molecule has 0 saturated heterocycles. The molecule has 0 amide bonds. The van der Waals surface area contributed by atoms with Gasteiger partial charge in [0.15, 0.2) is 11.5 Å². The Balaban J connectivity index is 2.00. The maximum absolute atomic E-state index is 5.84. The van der Waals surface area contributed by atoms with Crippen molar-refractivity contribution in [2.75, 3.05) is 14.2 Å². The SMILES string of the molecule is COc1cccc(/C=N\NCc2ccc(Cl)cc2)c1OC. The molecule has 0 aromatic heterocycles. The molecule has 0 spiro atoms. The highest BCUT2D eigenvalue weighted by Crippen LogP contribution is 2.29. The highest BCUT2D eigenvalue weighted by Gasteiger charge is 2.06. The van der Waals surface area contributed by atoms with Gasteiger partial charge in [0.25, 0.3) is 0 Å². The lowest BCUT2D eigenvalue weighted by atomic mass is 10.2. The number of nitrogens with zero attached hydrogens (tertiary/aromatic N) is 1. The molecule has 2 aromatic rings. The molecule has 0 fully saturated rings. The normalized spacial score (nSPS) is 10.6. The number of benzene rings is 2. The second-order valence-corrected chi connectivity index (χ2v) is 4.74. The first kappa shape index (κ1) is 15.2. The zero-order valence-corrected chi connectivity index (χ0v) is 12.7. The number of nitrogens with one attached hydrogen (secondary N) is 1. The predicted molar refractivity (Wildman–Crippen MR) is 85.4 cm³/mol. The minimum atomic E-state index is 0.625. The van der Waals surface area contributed by atoms with Crippen molar-refractivity contribution in [1.29, 1.82) is 0 Å². The van der Waals surface area contributed by atoms with Gasteiger partial charge < -0.3 is 14.9 Å². The van der Waals surface area contributed by atoms with Crippen LogP contribution in [0.1, 0.15) is 11.1 Å². The lowest BCUT2D eigenvalue weighted by Crippen LogP contribution is -2.05.